The largest absolute Gasteiger partial charge is 0.454 e. The molecule has 5 nitrogen and oxygen atoms in total. The van der Waals surface area contributed by atoms with E-state index >= 15 is 0 Å². The molecule has 0 fully saturated rings. The molecule has 124 valence electrons. The maximum atomic E-state index is 12.0. The number of nitrogens with one attached hydrogen (secondary N) is 1. The van der Waals surface area contributed by atoms with E-state index in [1.165, 1.54) is 4.88 Å². The molecular formula is C15H16BrClN2O3S. The number of nitrogen functional groups attached to an aromatic ring is 1. The van der Waals surface area contributed by atoms with Gasteiger partial charge in [0.15, 0.2) is 11.5 Å². The zero-order valence-corrected chi connectivity index (χ0v) is 15.4. The molecular weight excluding hydrogens is 404 g/mol. The van der Waals surface area contributed by atoms with Gasteiger partial charge in [0.2, 0.25) is 12.7 Å². The number of carbonyl (C=O) groups is 1. The number of ether oxygens (including phenoxy) is 2. The summed E-state index contributed by atoms with van der Waals surface area (Å²) in [6, 6.07) is 7.46. The van der Waals surface area contributed by atoms with Crippen LogP contribution in [0.2, 0.25) is 0 Å². The quantitative estimate of drug-likeness (QED) is 0.712. The van der Waals surface area contributed by atoms with E-state index in [9.17, 15) is 4.79 Å². The van der Waals surface area contributed by atoms with Crippen LogP contribution in [0.25, 0.3) is 0 Å². The molecule has 1 aromatic carbocycles. The van der Waals surface area contributed by atoms with E-state index in [1.807, 2.05) is 6.07 Å². The van der Waals surface area contributed by atoms with Gasteiger partial charge in [-0.05, 0) is 40.9 Å². The molecule has 0 saturated carbocycles. The van der Waals surface area contributed by atoms with Gasteiger partial charge in [0.25, 0.3) is 0 Å². The van der Waals surface area contributed by atoms with Gasteiger partial charge in [0, 0.05) is 23.4 Å². The first-order valence-corrected chi connectivity index (χ1v) is 8.46. The third-order valence-electron chi connectivity index (χ3n) is 3.27. The minimum Gasteiger partial charge on any atom is -0.454 e. The van der Waals surface area contributed by atoms with E-state index < -0.39 is 0 Å². The highest BCUT2D eigenvalue weighted by Crippen LogP contribution is 2.38. The SMILES string of the molecule is Cl.Nc1cc2c(cc1NC(=O)CCCc1ccc(Br)s1)OCO2. The summed E-state index contributed by atoms with van der Waals surface area (Å²) >= 11 is 5.13. The van der Waals surface area contributed by atoms with Crippen molar-refractivity contribution >= 4 is 57.0 Å². The monoisotopic (exact) mass is 418 g/mol. The maximum absolute atomic E-state index is 12.0. The van der Waals surface area contributed by atoms with Crippen LogP contribution in [0, 0.1) is 0 Å². The summed E-state index contributed by atoms with van der Waals surface area (Å²) in [4.78, 5) is 13.3. The second kappa shape index (κ2) is 7.90. The minimum absolute atomic E-state index is 0. The van der Waals surface area contributed by atoms with Crippen molar-refractivity contribution in [1.29, 1.82) is 0 Å². The first-order valence-electron chi connectivity index (χ1n) is 6.85. The lowest BCUT2D eigenvalue weighted by Crippen LogP contribution is -2.12. The lowest BCUT2D eigenvalue weighted by molar-refractivity contribution is -0.116. The van der Waals surface area contributed by atoms with E-state index in [-0.39, 0.29) is 25.1 Å². The molecule has 0 atom stereocenters. The van der Waals surface area contributed by atoms with Crippen molar-refractivity contribution in [2.24, 2.45) is 0 Å². The summed E-state index contributed by atoms with van der Waals surface area (Å²) in [6.45, 7) is 0.183. The van der Waals surface area contributed by atoms with Crippen LogP contribution in [0.5, 0.6) is 11.5 Å². The maximum Gasteiger partial charge on any atom is 0.231 e. The predicted octanol–water partition coefficient (Wildman–Crippen LogP) is 4.20. The van der Waals surface area contributed by atoms with E-state index in [4.69, 9.17) is 15.2 Å². The van der Waals surface area contributed by atoms with Crippen LogP contribution in [0.4, 0.5) is 11.4 Å². The van der Waals surface area contributed by atoms with Crippen molar-refractivity contribution in [1.82, 2.24) is 0 Å². The van der Waals surface area contributed by atoms with Crippen LogP contribution in [-0.2, 0) is 11.2 Å². The van der Waals surface area contributed by atoms with Gasteiger partial charge in [-0.25, -0.2) is 0 Å². The number of hydrogen-bond acceptors (Lipinski definition) is 5. The number of hydrogen-bond donors (Lipinski definition) is 2. The third kappa shape index (κ3) is 4.53. The number of benzene rings is 1. The highest BCUT2D eigenvalue weighted by Gasteiger charge is 2.17. The second-order valence-corrected chi connectivity index (χ2v) is 7.45. The molecule has 23 heavy (non-hydrogen) atoms. The Labute approximate surface area is 152 Å². The number of aryl methyl sites for hydroxylation is 1. The Hall–Kier alpha value is -1.44. The average Bonchev–Trinajstić information content (AvgIpc) is 3.08. The van der Waals surface area contributed by atoms with E-state index in [0.717, 1.165) is 16.6 Å². The molecule has 3 N–H and O–H groups in total. The molecule has 0 spiro atoms. The molecule has 2 heterocycles. The zero-order chi connectivity index (χ0) is 15.5. The third-order valence-corrected chi connectivity index (χ3v) is 4.96. The summed E-state index contributed by atoms with van der Waals surface area (Å²) in [5.41, 5.74) is 6.95. The van der Waals surface area contributed by atoms with Gasteiger partial charge in [-0.2, -0.15) is 0 Å². The number of carbonyl (C=O) groups excluding carboxylic acids is 1. The Bertz CT molecular complexity index is 708. The van der Waals surface area contributed by atoms with Crippen LogP contribution >= 0.6 is 39.7 Å². The number of halogens is 2. The van der Waals surface area contributed by atoms with Crippen molar-refractivity contribution in [2.45, 2.75) is 19.3 Å². The molecule has 0 aliphatic carbocycles. The lowest BCUT2D eigenvalue weighted by atomic mass is 10.2. The Morgan fingerprint density at radius 3 is 2.74 bits per heavy atom. The molecule has 0 bridgehead atoms. The van der Waals surface area contributed by atoms with Gasteiger partial charge in [0.1, 0.15) is 0 Å². The minimum atomic E-state index is -0.0545. The molecule has 1 aromatic heterocycles. The summed E-state index contributed by atoms with van der Waals surface area (Å²) in [7, 11) is 0. The molecule has 8 heteroatoms. The second-order valence-electron chi connectivity index (χ2n) is 4.90. The number of rotatable bonds is 5. The van der Waals surface area contributed by atoms with E-state index in [2.05, 4.69) is 27.3 Å². The molecule has 1 aliphatic rings. The van der Waals surface area contributed by atoms with Crippen molar-refractivity contribution in [3.05, 3.63) is 32.9 Å². The first-order chi connectivity index (χ1) is 10.6. The smallest absolute Gasteiger partial charge is 0.231 e. The lowest BCUT2D eigenvalue weighted by Gasteiger charge is -2.09. The fourth-order valence-corrected chi connectivity index (χ4v) is 3.71. The number of nitrogens with two attached hydrogens (primary N) is 1. The van der Waals surface area contributed by atoms with E-state index in [0.29, 0.717) is 29.3 Å². The summed E-state index contributed by atoms with van der Waals surface area (Å²) in [5, 5.41) is 2.83. The van der Waals surface area contributed by atoms with Gasteiger partial charge >= 0.3 is 0 Å². The molecule has 3 rings (SSSR count). The standard InChI is InChI=1S/C15H15BrN2O3S.ClH/c16-14-5-4-9(22-14)2-1-3-15(19)18-11-7-13-12(6-10(11)17)20-8-21-13;/h4-7H,1-3,8,17H2,(H,18,19);1H. The molecule has 1 aliphatic heterocycles. The summed E-state index contributed by atoms with van der Waals surface area (Å²) < 4.78 is 11.6. The number of anilines is 2. The normalized spacial score (nSPS) is 11.9. The molecule has 0 radical (unpaired) electrons. The van der Waals surface area contributed by atoms with Crippen molar-refractivity contribution in [3.8, 4) is 11.5 Å². The fraction of sp³-hybridized carbons (Fsp3) is 0.267. The van der Waals surface area contributed by atoms with Gasteiger partial charge in [-0.15, -0.1) is 23.7 Å². The van der Waals surface area contributed by atoms with Crippen molar-refractivity contribution in [2.75, 3.05) is 17.8 Å². The van der Waals surface area contributed by atoms with E-state index in [1.54, 1.807) is 23.5 Å². The fourth-order valence-electron chi connectivity index (χ4n) is 2.19. The summed E-state index contributed by atoms with van der Waals surface area (Å²) in [6.07, 6.45) is 2.13. The Morgan fingerprint density at radius 2 is 2.04 bits per heavy atom. The zero-order valence-electron chi connectivity index (χ0n) is 12.1. The average molecular weight is 420 g/mol. The van der Waals surface area contributed by atoms with Gasteiger partial charge in [0.05, 0.1) is 15.2 Å². The molecule has 2 aromatic rings. The van der Waals surface area contributed by atoms with Crippen molar-refractivity contribution < 1.29 is 14.3 Å². The van der Waals surface area contributed by atoms with Crippen LogP contribution in [-0.4, -0.2) is 12.7 Å². The number of thiophene rings is 1. The summed E-state index contributed by atoms with van der Waals surface area (Å²) in [5.74, 6) is 1.16. The molecule has 0 saturated heterocycles. The van der Waals surface area contributed by atoms with Gasteiger partial charge in [-0.1, -0.05) is 0 Å². The van der Waals surface area contributed by atoms with Gasteiger partial charge < -0.3 is 20.5 Å². The van der Waals surface area contributed by atoms with Gasteiger partial charge in [-0.3, -0.25) is 4.79 Å². The molecule has 0 unspecified atom stereocenters. The topological polar surface area (TPSA) is 73.6 Å². The van der Waals surface area contributed by atoms with Crippen LogP contribution in [0.15, 0.2) is 28.1 Å². The Kier molecular flexibility index (Phi) is 6.15. The number of fused-ring (bicyclic) bond motifs is 1. The van der Waals surface area contributed by atoms with Crippen LogP contribution in [0.3, 0.4) is 0 Å². The number of amides is 1. The Morgan fingerprint density at radius 1 is 1.30 bits per heavy atom. The molecule has 1 amide bonds. The predicted molar refractivity (Wildman–Crippen MR) is 97.8 cm³/mol. The van der Waals surface area contributed by atoms with Crippen LogP contribution in [0.1, 0.15) is 17.7 Å². The highest BCUT2D eigenvalue weighted by atomic mass is 79.9. The highest BCUT2D eigenvalue weighted by molar-refractivity contribution is 9.11. The van der Waals surface area contributed by atoms with Crippen molar-refractivity contribution in [3.63, 3.8) is 0 Å². The Balaban J connectivity index is 0.00000192. The first kappa shape index (κ1) is 17.9. The van der Waals surface area contributed by atoms with Crippen LogP contribution < -0.4 is 20.5 Å².